The van der Waals surface area contributed by atoms with Gasteiger partial charge in [-0.1, -0.05) is 39.3 Å². The highest BCUT2D eigenvalue weighted by molar-refractivity contribution is 6.80. The average molecular weight is 637 g/mol. The van der Waals surface area contributed by atoms with Crippen LogP contribution in [0.3, 0.4) is 0 Å². The third-order valence-electron chi connectivity index (χ3n) is 7.59. The van der Waals surface area contributed by atoms with E-state index >= 15 is 0 Å². The van der Waals surface area contributed by atoms with Gasteiger partial charge >= 0.3 is 11.4 Å². The zero-order chi connectivity index (χ0) is 31.9. The number of rotatable bonds is 6. The summed E-state index contributed by atoms with van der Waals surface area (Å²) in [7, 11) is -4.34. The molecule has 14 nitrogen and oxygen atoms in total. The minimum Gasteiger partial charge on any atom is -0.394 e. The summed E-state index contributed by atoms with van der Waals surface area (Å²) < 4.78 is 39.5. The molecule has 2 saturated heterocycles. The maximum atomic E-state index is 13.6. The molecule has 0 aliphatic carbocycles. The number of aliphatic hydroxyl groups excluding tert-OH is 3. The Balaban J connectivity index is 0.000000247. The summed E-state index contributed by atoms with van der Waals surface area (Å²) >= 11 is 0. The van der Waals surface area contributed by atoms with Crippen molar-refractivity contribution in [2.45, 2.75) is 93.8 Å². The Bertz CT molecular complexity index is 1520. The van der Waals surface area contributed by atoms with E-state index in [0.717, 1.165) is 21.5 Å². The fourth-order valence-corrected chi connectivity index (χ4v) is 8.09. The van der Waals surface area contributed by atoms with E-state index in [1.165, 1.54) is 0 Å². The van der Waals surface area contributed by atoms with Gasteiger partial charge in [0.2, 0.25) is 11.6 Å². The molecular weight excluding hydrogens is 598 g/mol. The first-order valence-electron chi connectivity index (χ1n) is 13.2. The molecular formula is C24H38F2N4O10Si2. The quantitative estimate of drug-likeness (QED) is 0.216. The molecule has 7 atom stereocenters. The van der Waals surface area contributed by atoms with Crippen LogP contribution < -0.4 is 22.5 Å². The largest absolute Gasteiger partial charge is 0.394 e. The number of hydrogen-bond donors (Lipinski definition) is 6. The Hall–Kier alpha value is -2.59. The van der Waals surface area contributed by atoms with E-state index in [4.69, 9.17) is 14.6 Å². The summed E-state index contributed by atoms with van der Waals surface area (Å²) in [6.07, 6.45) is -2.87. The zero-order valence-corrected chi connectivity index (χ0v) is 26.1. The van der Waals surface area contributed by atoms with Crippen molar-refractivity contribution in [2.24, 2.45) is 0 Å². The molecule has 6 N–H and O–H groups in total. The Kier molecular flexibility index (Phi) is 9.84. The lowest BCUT2D eigenvalue weighted by Crippen LogP contribution is -2.64. The van der Waals surface area contributed by atoms with Crippen molar-refractivity contribution in [3.8, 4) is 0 Å². The molecule has 0 spiro atoms. The van der Waals surface area contributed by atoms with E-state index in [9.17, 15) is 43.3 Å². The van der Waals surface area contributed by atoms with Gasteiger partial charge in [-0.05, 0) is 0 Å². The summed E-state index contributed by atoms with van der Waals surface area (Å²) in [5.41, 5.74) is -4.69. The Labute approximate surface area is 240 Å². The van der Waals surface area contributed by atoms with Gasteiger partial charge < -0.3 is 29.9 Å². The molecule has 4 rings (SSSR count). The number of H-pyrrole nitrogens is 2. The van der Waals surface area contributed by atoms with Gasteiger partial charge in [-0.15, -0.1) is 0 Å². The first-order chi connectivity index (χ1) is 19.2. The molecule has 0 saturated carbocycles. The highest BCUT2D eigenvalue weighted by Crippen LogP contribution is 2.44. The van der Waals surface area contributed by atoms with Crippen molar-refractivity contribution in [1.29, 1.82) is 0 Å². The fourth-order valence-electron chi connectivity index (χ4n) is 4.80. The molecule has 2 fully saturated rings. The standard InChI is InChI=1S/C15H27FN2O5Si2.C9H11FN2O5/c1-24(2,3)13(20)11-15(22,25(4,5)6)7-10(23-11)18-8-9(16)12(19)17-14(18)21;10-4-2-12(9(16)11-8(4)15)7-1-5(14)6(3-13)17-7/h8,10-11,13,20,22H,7H2,1-6H3,(H,17,19,21);2,5-7,13-14H,1,3H2,(H,11,15,16)/t10-,11-,13?,15-;5-,6+,7+/m10/s1. The first kappa shape index (κ1) is 33.9. The van der Waals surface area contributed by atoms with Gasteiger partial charge in [0.15, 0.2) is 0 Å². The predicted molar refractivity (Wildman–Crippen MR) is 150 cm³/mol. The van der Waals surface area contributed by atoms with Gasteiger partial charge in [0.05, 0.1) is 52.2 Å². The van der Waals surface area contributed by atoms with E-state index in [2.05, 4.69) is 0 Å². The van der Waals surface area contributed by atoms with Crippen LogP contribution in [-0.4, -0.2) is 91.5 Å². The summed E-state index contributed by atoms with van der Waals surface area (Å²) in [5, 5.41) is 39.2. The summed E-state index contributed by atoms with van der Waals surface area (Å²) in [5.74, 6) is -2.22. The molecule has 2 aliphatic heterocycles. The number of halogens is 2. The van der Waals surface area contributed by atoms with Crippen LogP contribution in [0.1, 0.15) is 25.3 Å². The molecule has 4 heterocycles. The second-order valence-electron chi connectivity index (χ2n) is 12.6. The van der Waals surface area contributed by atoms with E-state index in [0.29, 0.717) is 0 Å². The molecule has 18 heteroatoms. The summed E-state index contributed by atoms with van der Waals surface area (Å²) in [6, 6.07) is 0. The van der Waals surface area contributed by atoms with Crippen LogP contribution >= 0.6 is 0 Å². The van der Waals surface area contributed by atoms with Crippen molar-refractivity contribution < 1.29 is 38.7 Å². The van der Waals surface area contributed by atoms with Gasteiger partial charge in [-0.25, -0.2) is 9.59 Å². The molecule has 0 aromatic carbocycles. The normalized spacial score (nSPS) is 28.8. The molecule has 2 aromatic rings. The van der Waals surface area contributed by atoms with Gasteiger partial charge in [-0.2, -0.15) is 8.78 Å². The van der Waals surface area contributed by atoms with Crippen molar-refractivity contribution in [3.63, 3.8) is 0 Å². The topological polar surface area (TPSA) is 209 Å². The number of ether oxygens (including phenoxy) is 2. The van der Waals surface area contributed by atoms with Crippen molar-refractivity contribution >= 4 is 16.1 Å². The van der Waals surface area contributed by atoms with Crippen molar-refractivity contribution in [1.82, 2.24) is 19.1 Å². The number of hydrogen-bond acceptors (Lipinski definition) is 10. The Morgan fingerprint density at radius 1 is 0.952 bits per heavy atom. The van der Waals surface area contributed by atoms with Gasteiger partial charge in [-0.3, -0.25) is 28.7 Å². The number of aliphatic hydroxyl groups is 4. The van der Waals surface area contributed by atoms with Crippen LogP contribution in [-0.2, 0) is 9.47 Å². The summed E-state index contributed by atoms with van der Waals surface area (Å²) in [4.78, 5) is 49.2. The van der Waals surface area contributed by atoms with Gasteiger partial charge in [0.25, 0.3) is 11.1 Å². The van der Waals surface area contributed by atoms with Crippen LogP contribution in [0, 0.1) is 11.6 Å². The van der Waals surface area contributed by atoms with Gasteiger partial charge in [0.1, 0.15) is 24.7 Å². The first-order valence-corrected chi connectivity index (χ1v) is 20.3. The molecule has 2 aliphatic rings. The predicted octanol–water partition coefficient (Wildman–Crippen LogP) is -0.874. The molecule has 0 amide bonds. The van der Waals surface area contributed by atoms with Crippen molar-refractivity contribution in [2.75, 3.05) is 6.61 Å². The summed E-state index contributed by atoms with van der Waals surface area (Å²) in [6.45, 7) is 11.4. The Morgan fingerprint density at radius 2 is 1.43 bits per heavy atom. The lowest BCUT2D eigenvalue weighted by Gasteiger charge is -2.43. The maximum absolute atomic E-state index is 13.6. The van der Waals surface area contributed by atoms with Crippen LogP contribution in [0.5, 0.6) is 0 Å². The molecule has 1 unspecified atom stereocenters. The highest BCUT2D eigenvalue weighted by atomic mass is 28.3. The highest BCUT2D eigenvalue weighted by Gasteiger charge is 2.59. The van der Waals surface area contributed by atoms with E-state index in [1.807, 2.05) is 44.3 Å². The van der Waals surface area contributed by atoms with Crippen molar-refractivity contribution in [3.05, 3.63) is 65.7 Å². The maximum Gasteiger partial charge on any atom is 0.330 e. The number of nitrogens with one attached hydrogen (secondary N) is 2. The van der Waals surface area contributed by atoms with E-state index in [1.54, 1.807) is 4.98 Å². The molecule has 0 radical (unpaired) electrons. The second-order valence-corrected chi connectivity index (χ2v) is 23.3. The Morgan fingerprint density at radius 3 is 1.83 bits per heavy atom. The van der Waals surface area contributed by atoms with E-state index in [-0.39, 0.29) is 12.8 Å². The molecule has 2 aromatic heterocycles. The zero-order valence-electron chi connectivity index (χ0n) is 24.1. The lowest BCUT2D eigenvalue weighted by atomic mass is 10.1. The molecule has 236 valence electrons. The lowest BCUT2D eigenvalue weighted by molar-refractivity contribution is -0.0746. The van der Waals surface area contributed by atoms with Crippen LogP contribution in [0.15, 0.2) is 31.6 Å². The number of aromatic amines is 2. The fraction of sp³-hybridized carbons (Fsp3) is 0.667. The minimum absolute atomic E-state index is 0.0383. The SMILES string of the molecule is C[Si](C)(C)C(O)[C@H]1O[C@@H](n2cc(F)c(=O)[nH]c2=O)C[C@@]1(O)[Si](C)(C)C.O=c1[nH]c(=O)n([C@H]2C[C@H](O)[C@@H](CO)O2)cc1F. The molecule has 42 heavy (non-hydrogen) atoms. The smallest absolute Gasteiger partial charge is 0.330 e. The van der Waals surface area contributed by atoms with Crippen LogP contribution in [0.4, 0.5) is 8.78 Å². The second kappa shape index (κ2) is 12.2. The average Bonchev–Trinajstić information content (AvgIpc) is 3.43. The van der Waals surface area contributed by atoms with E-state index < -0.39 is 98.6 Å². The van der Waals surface area contributed by atoms with Crippen LogP contribution in [0.2, 0.25) is 39.3 Å². The number of nitrogens with zero attached hydrogens (tertiary/aromatic N) is 2. The van der Waals surface area contributed by atoms with Gasteiger partial charge in [0, 0.05) is 12.8 Å². The van der Waals surface area contributed by atoms with Crippen LogP contribution in [0.25, 0.3) is 0 Å². The monoisotopic (exact) mass is 636 g/mol. The third kappa shape index (κ3) is 6.80. The number of aromatic nitrogens is 4. The third-order valence-corrected chi connectivity index (χ3v) is 12.7. The minimum atomic E-state index is -2.26. The molecule has 0 bridgehead atoms.